The summed E-state index contributed by atoms with van der Waals surface area (Å²) in [5.74, 6) is 1.68. The number of aliphatic hydroxyl groups is 1. The number of anilines is 1. The average Bonchev–Trinajstić information content (AvgIpc) is 2.90. The van der Waals surface area contributed by atoms with Gasteiger partial charge in [-0.3, -0.25) is 4.79 Å². The van der Waals surface area contributed by atoms with Gasteiger partial charge in [0.2, 0.25) is 5.91 Å². The lowest BCUT2D eigenvalue weighted by molar-refractivity contribution is -0.117. The number of nitrogens with one attached hydrogen (secondary N) is 1. The predicted molar refractivity (Wildman–Crippen MR) is 126 cm³/mol. The Balaban J connectivity index is 2.19. The Morgan fingerprint density at radius 1 is 1.06 bits per heavy atom. The van der Waals surface area contributed by atoms with Gasteiger partial charge in [-0.05, 0) is 62.4 Å². The van der Waals surface area contributed by atoms with Crippen LogP contribution in [0.15, 0.2) is 24.3 Å². The Morgan fingerprint density at radius 2 is 1.72 bits per heavy atom. The topological polar surface area (TPSA) is 77.0 Å². The summed E-state index contributed by atoms with van der Waals surface area (Å²) in [4.78, 5) is 12.7. The molecule has 0 radical (unpaired) electrons. The van der Waals surface area contributed by atoms with Crippen molar-refractivity contribution in [2.75, 3.05) is 19.5 Å². The molecule has 32 heavy (non-hydrogen) atoms. The third kappa shape index (κ3) is 3.92. The van der Waals surface area contributed by atoms with E-state index in [0.717, 1.165) is 11.1 Å². The smallest absolute Gasteiger partial charge is 0.224 e. The molecule has 3 rings (SSSR count). The minimum atomic E-state index is -1.51. The van der Waals surface area contributed by atoms with Crippen LogP contribution in [0.2, 0.25) is 0 Å². The molecule has 2 aromatic carbocycles. The maximum atomic E-state index is 12.7. The molecule has 174 valence electrons. The molecular weight excluding hydrogens is 406 g/mol. The average molecular weight is 442 g/mol. The third-order valence-electron chi connectivity index (χ3n) is 6.22. The molecule has 1 amide bonds. The van der Waals surface area contributed by atoms with Crippen molar-refractivity contribution in [3.8, 4) is 17.2 Å². The molecule has 1 aliphatic heterocycles. The zero-order chi connectivity index (χ0) is 24.1. The van der Waals surface area contributed by atoms with Crippen molar-refractivity contribution in [3.05, 3.63) is 46.5 Å². The molecule has 6 nitrogen and oxygen atoms in total. The van der Waals surface area contributed by atoms with Crippen LogP contribution in [-0.2, 0) is 10.4 Å². The van der Waals surface area contributed by atoms with Crippen molar-refractivity contribution in [2.24, 2.45) is 5.41 Å². The molecule has 0 fully saturated rings. The van der Waals surface area contributed by atoms with E-state index in [1.807, 2.05) is 54.5 Å². The van der Waals surface area contributed by atoms with E-state index in [9.17, 15) is 9.90 Å². The van der Waals surface area contributed by atoms with Gasteiger partial charge in [-0.1, -0.05) is 20.8 Å². The fourth-order valence-corrected chi connectivity index (χ4v) is 4.32. The van der Waals surface area contributed by atoms with Gasteiger partial charge in [0.05, 0.1) is 14.2 Å². The lowest BCUT2D eigenvalue weighted by Gasteiger charge is -2.36. The highest BCUT2D eigenvalue weighted by Crippen LogP contribution is 2.56. The molecule has 2 N–H and O–H groups in total. The van der Waals surface area contributed by atoms with E-state index in [0.29, 0.717) is 40.5 Å². The SMILES string of the molecule is COc1ccc(C2(O)c3cc(NC(=O)CC(C)(C)C)c(C)c(C)c3OC2(C)C)c(OC)c1. The van der Waals surface area contributed by atoms with Crippen LogP contribution in [0.5, 0.6) is 17.2 Å². The lowest BCUT2D eigenvalue weighted by Crippen LogP contribution is -2.47. The van der Waals surface area contributed by atoms with Gasteiger partial charge in [-0.15, -0.1) is 0 Å². The van der Waals surface area contributed by atoms with Crippen molar-refractivity contribution in [1.29, 1.82) is 0 Å². The first-order valence-corrected chi connectivity index (χ1v) is 10.8. The summed E-state index contributed by atoms with van der Waals surface area (Å²) >= 11 is 0. The molecule has 2 aromatic rings. The fourth-order valence-electron chi connectivity index (χ4n) is 4.32. The predicted octanol–water partition coefficient (Wildman–Crippen LogP) is 5.10. The highest BCUT2D eigenvalue weighted by Gasteiger charge is 2.57. The normalized spacial score (nSPS) is 19.2. The minimum absolute atomic E-state index is 0.0660. The van der Waals surface area contributed by atoms with Crippen LogP contribution in [0, 0.1) is 19.3 Å². The molecule has 1 heterocycles. The molecule has 0 bridgehead atoms. The highest BCUT2D eigenvalue weighted by atomic mass is 16.5. The monoisotopic (exact) mass is 441 g/mol. The third-order valence-corrected chi connectivity index (χ3v) is 6.22. The van der Waals surface area contributed by atoms with E-state index in [1.54, 1.807) is 32.4 Å². The van der Waals surface area contributed by atoms with Crippen molar-refractivity contribution >= 4 is 11.6 Å². The van der Waals surface area contributed by atoms with Gasteiger partial charge >= 0.3 is 0 Å². The summed E-state index contributed by atoms with van der Waals surface area (Å²) in [6, 6.07) is 7.16. The van der Waals surface area contributed by atoms with Crippen molar-refractivity contribution in [2.45, 2.75) is 66.1 Å². The van der Waals surface area contributed by atoms with Crippen LogP contribution in [0.25, 0.3) is 0 Å². The summed E-state index contributed by atoms with van der Waals surface area (Å²) in [6.07, 6.45) is 0.390. The van der Waals surface area contributed by atoms with E-state index >= 15 is 0 Å². The summed E-state index contributed by atoms with van der Waals surface area (Å²) in [6.45, 7) is 13.7. The second kappa shape index (κ2) is 8.00. The van der Waals surface area contributed by atoms with Gasteiger partial charge in [0.1, 0.15) is 22.8 Å². The Hall–Kier alpha value is -2.73. The molecule has 1 unspecified atom stereocenters. The Kier molecular flexibility index (Phi) is 5.98. The number of methoxy groups -OCH3 is 2. The first kappa shape index (κ1) is 23.9. The largest absolute Gasteiger partial charge is 0.497 e. The zero-order valence-electron chi connectivity index (χ0n) is 20.6. The van der Waals surface area contributed by atoms with Gasteiger partial charge in [-0.25, -0.2) is 0 Å². The number of hydrogen-bond acceptors (Lipinski definition) is 5. The van der Waals surface area contributed by atoms with Gasteiger partial charge in [-0.2, -0.15) is 0 Å². The molecule has 0 aromatic heterocycles. The number of fused-ring (bicyclic) bond motifs is 1. The number of carbonyl (C=O) groups is 1. The minimum Gasteiger partial charge on any atom is -0.497 e. The summed E-state index contributed by atoms with van der Waals surface area (Å²) < 4.78 is 17.3. The second-order valence-corrected chi connectivity index (χ2v) is 10.2. The summed E-state index contributed by atoms with van der Waals surface area (Å²) in [5.41, 5.74) is 0.997. The highest BCUT2D eigenvalue weighted by molar-refractivity contribution is 5.92. The molecule has 0 aliphatic carbocycles. The number of amides is 1. The maximum Gasteiger partial charge on any atom is 0.224 e. The van der Waals surface area contributed by atoms with Crippen molar-refractivity contribution < 1.29 is 24.1 Å². The van der Waals surface area contributed by atoms with Crippen LogP contribution in [-0.4, -0.2) is 30.8 Å². The number of ether oxygens (including phenoxy) is 3. The molecule has 1 aliphatic rings. The molecular formula is C26H35NO5. The van der Waals surface area contributed by atoms with Gasteiger partial charge in [0, 0.05) is 29.3 Å². The standard InChI is InChI=1S/C26H35NO5/c1-15-16(2)23-19(13-20(15)27-22(28)14-24(3,4)5)26(29,25(6,7)32-23)18-11-10-17(30-8)12-21(18)31-9/h10-13,29H,14H2,1-9H3,(H,27,28). The van der Waals surface area contributed by atoms with Crippen LogP contribution >= 0.6 is 0 Å². The fraction of sp³-hybridized carbons (Fsp3) is 0.500. The van der Waals surface area contributed by atoms with Crippen LogP contribution < -0.4 is 19.5 Å². The van der Waals surface area contributed by atoms with Gasteiger partial charge in [0.15, 0.2) is 5.60 Å². The quantitative estimate of drug-likeness (QED) is 0.675. The molecule has 6 heteroatoms. The number of hydrogen-bond donors (Lipinski definition) is 2. The van der Waals surface area contributed by atoms with Gasteiger partial charge in [0.25, 0.3) is 0 Å². The Bertz CT molecular complexity index is 1050. The zero-order valence-corrected chi connectivity index (χ0v) is 20.6. The molecule has 1 atom stereocenters. The summed E-state index contributed by atoms with van der Waals surface area (Å²) in [5, 5.41) is 15.3. The second-order valence-electron chi connectivity index (χ2n) is 10.2. The number of rotatable bonds is 5. The molecule has 0 saturated carbocycles. The van der Waals surface area contributed by atoms with Crippen LogP contribution in [0.4, 0.5) is 5.69 Å². The van der Waals surface area contributed by atoms with Crippen LogP contribution in [0.1, 0.15) is 63.3 Å². The van der Waals surface area contributed by atoms with E-state index in [4.69, 9.17) is 14.2 Å². The maximum absolute atomic E-state index is 12.7. The van der Waals surface area contributed by atoms with Gasteiger partial charge < -0.3 is 24.6 Å². The first-order chi connectivity index (χ1) is 14.7. The van der Waals surface area contributed by atoms with Crippen LogP contribution in [0.3, 0.4) is 0 Å². The lowest BCUT2D eigenvalue weighted by atomic mass is 9.75. The molecule has 0 spiro atoms. The van der Waals surface area contributed by atoms with E-state index in [-0.39, 0.29) is 11.3 Å². The Morgan fingerprint density at radius 3 is 2.28 bits per heavy atom. The summed E-state index contributed by atoms with van der Waals surface area (Å²) in [7, 11) is 3.14. The van der Waals surface area contributed by atoms with E-state index < -0.39 is 11.2 Å². The number of carbonyl (C=O) groups excluding carboxylic acids is 1. The van der Waals surface area contributed by atoms with E-state index in [1.165, 1.54) is 0 Å². The van der Waals surface area contributed by atoms with E-state index in [2.05, 4.69) is 5.32 Å². The number of benzene rings is 2. The van der Waals surface area contributed by atoms with Crippen molar-refractivity contribution in [3.63, 3.8) is 0 Å². The Labute approximate surface area is 190 Å². The molecule has 0 saturated heterocycles. The van der Waals surface area contributed by atoms with Crippen molar-refractivity contribution in [1.82, 2.24) is 0 Å². The first-order valence-electron chi connectivity index (χ1n) is 10.8.